The van der Waals surface area contributed by atoms with Crippen LogP contribution in [0.2, 0.25) is 0 Å². The second kappa shape index (κ2) is 5.23. The number of aromatic nitrogens is 2. The van der Waals surface area contributed by atoms with Crippen molar-refractivity contribution in [2.24, 2.45) is 7.05 Å². The Morgan fingerprint density at radius 2 is 2.11 bits per heavy atom. The van der Waals surface area contributed by atoms with Crippen molar-refractivity contribution in [1.29, 1.82) is 0 Å². The Kier molecular flexibility index (Phi) is 3.66. The number of aromatic carboxylic acids is 1. The SMILES string of the molecule is CCc1nn(C)cc1NC(=O)c1ccc(C(=O)O)s1. The Balaban J connectivity index is 2.18. The Labute approximate surface area is 113 Å². The van der Waals surface area contributed by atoms with Gasteiger partial charge in [-0.15, -0.1) is 11.3 Å². The lowest BCUT2D eigenvalue weighted by atomic mass is 10.3. The molecule has 0 aliphatic carbocycles. The third kappa shape index (κ3) is 2.82. The number of carboxylic acid groups (broad SMARTS) is 1. The van der Waals surface area contributed by atoms with Crippen molar-refractivity contribution in [3.63, 3.8) is 0 Å². The molecule has 19 heavy (non-hydrogen) atoms. The van der Waals surface area contributed by atoms with E-state index in [-0.39, 0.29) is 10.8 Å². The van der Waals surface area contributed by atoms with Crippen molar-refractivity contribution in [2.75, 3.05) is 5.32 Å². The largest absolute Gasteiger partial charge is 0.477 e. The summed E-state index contributed by atoms with van der Waals surface area (Å²) in [6.07, 6.45) is 2.43. The Bertz CT molecular complexity index is 630. The monoisotopic (exact) mass is 279 g/mol. The summed E-state index contributed by atoms with van der Waals surface area (Å²) in [5.74, 6) is -1.35. The number of carbonyl (C=O) groups excluding carboxylic acids is 1. The molecule has 0 aromatic carbocycles. The lowest BCUT2D eigenvalue weighted by Gasteiger charge is -2.01. The zero-order valence-electron chi connectivity index (χ0n) is 10.5. The van der Waals surface area contributed by atoms with E-state index in [2.05, 4.69) is 10.4 Å². The smallest absolute Gasteiger partial charge is 0.345 e. The molecule has 0 atom stereocenters. The molecular weight excluding hydrogens is 266 g/mol. The number of anilines is 1. The number of hydrogen-bond donors (Lipinski definition) is 2. The van der Waals surface area contributed by atoms with Gasteiger partial charge in [-0.2, -0.15) is 5.10 Å². The van der Waals surface area contributed by atoms with E-state index < -0.39 is 5.97 Å². The number of carboxylic acids is 1. The molecule has 0 radical (unpaired) electrons. The fourth-order valence-electron chi connectivity index (χ4n) is 1.66. The van der Waals surface area contributed by atoms with Crippen LogP contribution < -0.4 is 5.32 Å². The van der Waals surface area contributed by atoms with Crippen molar-refractivity contribution in [3.8, 4) is 0 Å². The number of aryl methyl sites for hydroxylation is 2. The minimum Gasteiger partial charge on any atom is -0.477 e. The van der Waals surface area contributed by atoms with E-state index in [1.54, 1.807) is 17.9 Å². The lowest BCUT2D eigenvalue weighted by molar-refractivity contribution is 0.0702. The first-order valence-electron chi connectivity index (χ1n) is 5.68. The molecule has 100 valence electrons. The lowest BCUT2D eigenvalue weighted by Crippen LogP contribution is -2.10. The van der Waals surface area contributed by atoms with Crippen LogP contribution in [0.25, 0.3) is 0 Å². The topological polar surface area (TPSA) is 84.2 Å². The fourth-order valence-corrected chi connectivity index (χ4v) is 2.40. The van der Waals surface area contributed by atoms with E-state index in [0.29, 0.717) is 17.0 Å². The average molecular weight is 279 g/mol. The molecule has 0 bridgehead atoms. The van der Waals surface area contributed by atoms with Gasteiger partial charge in [0, 0.05) is 13.2 Å². The summed E-state index contributed by atoms with van der Waals surface area (Å²) in [7, 11) is 1.78. The first kappa shape index (κ1) is 13.3. The van der Waals surface area contributed by atoms with Gasteiger partial charge in [0.2, 0.25) is 0 Å². The van der Waals surface area contributed by atoms with Gasteiger partial charge in [0.05, 0.1) is 16.3 Å². The molecule has 2 heterocycles. The molecule has 2 rings (SSSR count). The van der Waals surface area contributed by atoms with Crippen LogP contribution in [-0.4, -0.2) is 26.8 Å². The first-order valence-corrected chi connectivity index (χ1v) is 6.50. The maximum absolute atomic E-state index is 12.0. The van der Waals surface area contributed by atoms with Gasteiger partial charge < -0.3 is 10.4 Å². The molecule has 2 aromatic heterocycles. The molecule has 0 saturated carbocycles. The quantitative estimate of drug-likeness (QED) is 0.896. The number of amides is 1. The third-order valence-electron chi connectivity index (χ3n) is 2.53. The second-order valence-electron chi connectivity index (χ2n) is 3.94. The van der Waals surface area contributed by atoms with E-state index in [1.807, 2.05) is 6.92 Å². The average Bonchev–Trinajstić information content (AvgIpc) is 2.95. The summed E-state index contributed by atoms with van der Waals surface area (Å²) in [6.45, 7) is 1.95. The van der Waals surface area contributed by atoms with Crippen molar-refractivity contribution < 1.29 is 14.7 Å². The minimum absolute atomic E-state index is 0.145. The molecule has 6 nitrogen and oxygen atoms in total. The van der Waals surface area contributed by atoms with Crippen LogP contribution in [0.15, 0.2) is 18.3 Å². The number of nitrogens with one attached hydrogen (secondary N) is 1. The number of carbonyl (C=O) groups is 2. The zero-order chi connectivity index (χ0) is 14.0. The molecule has 0 aliphatic rings. The first-order chi connectivity index (χ1) is 9.01. The Hall–Kier alpha value is -2.15. The summed E-state index contributed by atoms with van der Waals surface area (Å²) in [5, 5.41) is 15.8. The third-order valence-corrected chi connectivity index (χ3v) is 3.60. The van der Waals surface area contributed by atoms with E-state index in [1.165, 1.54) is 12.1 Å². The highest BCUT2D eigenvalue weighted by atomic mass is 32.1. The molecule has 2 N–H and O–H groups in total. The zero-order valence-corrected chi connectivity index (χ0v) is 11.3. The van der Waals surface area contributed by atoms with E-state index in [9.17, 15) is 9.59 Å². The van der Waals surface area contributed by atoms with Crippen LogP contribution in [0.4, 0.5) is 5.69 Å². The number of rotatable bonds is 4. The maximum atomic E-state index is 12.0. The molecular formula is C12H13N3O3S. The van der Waals surface area contributed by atoms with Crippen molar-refractivity contribution in [3.05, 3.63) is 33.8 Å². The number of hydrogen-bond acceptors (Lipinski definition) is 4. The highest BCUT2D eigenvalue weighted by Crippen LogP contribution is 2.20. The van der Waals surface area contributed by atoms with Crippen LogP contribution >= 0.6 is 11.3 Å². The normalized spacial score (nSPS) is 10.4. The second-order valence-corrected chi connectivity index (χ2v) is 5.02. The number of nitrogens with zero attached hydrogens (tertiary/aromatic N) is 2. The maximum Gasteiger partial charge on any atom is 0.345 e. The van der Waals surface area contributed by atoms with Gasteiger partial charge in [-0.25, -0.2) is 4.79 Å². The summed E-state index contributed by atoms with van der Waals surface area (Å²) in [5.41, 5.74) is 1.45. The van der Waals surface area contributed by atoms with Gasteiger partial charge in [-0.1, -0.05) is 6.92 Å². The summed E-state index contributed by atoms with van der Waals surface area (Å²) in [6, 6.07) is 2.93. The van der Waals surface area contributed by atoms with Crippen molar-refractivity contribution in [1.82, 2.24) is 9.78 Å². The van der Waals surface area contributed by atoms with Crippen LogP contribution in [0.1, 0.15) is 32.0 Å². The van der Waals surface area contributed by atoms with Crippen molar-refractivity contribution >= 4 is 28.9 Å². The molecule has 0 unspecified atom stereocenters. The molecule has 1 amide bonds. The van der Waals surface area contributed by atoms with Gasteiger partial charge >= 0.3 is 5.97 Å². The minimum atomic E-state index is -1.03. The van der Waals surface area contributed by atoms with Gasteiger partial charge in [0.1, 0.15) is 4.88 Å². The molecule has 2 aromatic rings. The highest BCUT2D eigenvalue weighted by molar-refractivity contribution is 7.15. The molecule has 0 fully saturated rings. The Morgan fingerprint density at radius 1 is 1.42 bits per heavy atom. The molecule has 0 spiro atoms. The van der Waals surface area contributed by atoms with Crippen LogP contribution in [0.5, 0.6) is 0 Å². The van der Waals surface area contributed by atoms with Crippen LogP contribution in [0, 0.1) is 0 Å². The predicted octanol–water partition coefficient (Wildman–Crippen LogP) is 1.99. The van der Waals surface area contributed by atoms with E-state index >= 15 is 0 Å². The van der Waals surface area contributed by atoms with Crippen LogP contribution in [0.3, 0.4) is 0 Å². The molecule has 0 aliphatic heterocycles. The van der Waals surface area contributed by atoms with Gasteiger partial charge in [-0.05, 0) is 18.6 Å². The van der Waals surface area contributed by atoms with Gasteiger partial charge in [0.15, 0.2) is 0 Å². The van der Waals surface area contributed by atoms with Gasteiger partial charge in [-0.3, -0.25) is 9.48 Å². The van der Waals surface area contributed by atoms with Crippen LogP contribution in [-0.2, 0) is 13.5 Å². The summed E-state index contributed by atoms with van der Waals surface area (Å²) in [4.78, 5) is 23.3. The van der Waals surface area contributed by atoms with Crippen molar-refractivity contribution in [2.45, 2.75) is 13.3 Å². The molecule has 0 saturated heterocycles. The van der Waals surface area contributed by atoms with E-state index in [0.717, 1.165) is 17.0 Å². The van der Waals surface area contributed by atoms with Gasteiger partial charge in [0.25, 0.3) is 5.91 Å². The molecule has 7 heteroatoms. The standard InChI is InChI=1S/C12H13N3O3S/c1-3-7-8(6-15(2)14-7)13-11(16)9-4-5-10(19-9)12(17)18/h4-6H,3H2,1-2H3,(H,13,16)(H,17,18). The summed E-state index contributed by atoms with van der Waals surface area (Å²) >= 11 is 0.950. The number of thiophene rings is 1. The Morgan fingerprint density at radius 3 is 2.68 bits per heavy atom. The highest BCUT2D eigenvalue weighted by Gasteiger charge is 2.15. The predicted molar refractivity (Wildman–Crippen MR) is 71.8 cm³/mol. The van der Waals surface area contributed by atoms with E-state index in [4.69, 9.17) is 5.11 Å². The summed E-state index contributed by atoms with van der Waals surface area (Å²) < 4.78 is 1.63. The fraction of sp³-hybridized carbons (Fsp3) is 0.250.